The first kappa shape index (κ1) is 33.4. The van der Waals surface area contributed by atoms with E-state index in [0.29, 0.717) is 5.56 Å². The molecule has 11 atom stereocenters. The number of rotatable bonds is 11. The summed E-state index contributed by atoms with van der Waals surface area (Å²) in [7, 11) is 2.20. The lowest BCUT2D eigenvalue weighted by Crippen LogP contribution is -2.67. The minimum atomic E-state index is -1.96. The number of aliphatic hydroxyl groups excluding tert-OH is 4. The summed E-state index contributed by atoms with van der Waals surface area (Å²) in [5, 5.41) is 73.5. The molecule has 1 aromatic rings. The summed E-state index contributed by atoms with van der Waals surface area (Å²) in [6.45, 7) is 1.47. The Morgan fingerprint density at radius 1 is 0.881 bits per heavy atom. The average Bonchev–Trinajstić information content (AvgIpc) is 2.95. The SMILES string of the molecule is CCOC(=O)C(Cc1ccc(O)c(O)c1)NC(=O)[C@@H]1O[C@@H](OC)C(O)C(O)[C@@H]1O[C@@H]1OC(C(=O)O)[C@@H](OC)[C@H](O)C1O. The predicted molar refractivity (Wildman–Crippen MR) is 134 cm³/mol. The van der Waals surface area contributed by atoms with Gasteiger partial charge in [0.1, 0.15) is 42.7 Å². The van der Waals surface area contributed by atoms with Crippen LogP contribution in [0.2, 0.25) is 0 Å². The van der Waals surface area contributed by atoms with E-state index in [1.165, 1.54) is 19.1 Å². The van der Waals surface area contributed by atoms with Gasteiger partial charge < -0.3 is 69.5 Å². The number of hydrogen-bond donors (Lipinski definition) is 8. The smallest absolute Gasteiger partial charge is 0.335 e. The van der Waals surface area contributed by atoms with Crippen LogP contribution in [0.15, 0.2) is 18.2 Å². The molecule has 8 N–H and O–H groups in total. The number of carboxylic acids is 1. The van der Waals surface area contributed by atoms with Gasteiger partial charge in [-0.15, -0.1) is 0 Å². The number of aliphatic hydroxyl groups is 4. The van der Waals surface area contributed by atoms with Gasteiger partial charge in [-0.05, 0) is 24.6 Å². The van der Waals surface area contributed by atoms with E-state index >= 15 is 0 Å². The number of carboxylic acid groups (broad SMARTS) is 1. The maximum atomic E-state index is 13.5. The molecular weight excluding hydrogens is 570 g/mol. The zero-order valence-corrected chi connectivity index (χ0v) is 22.8. The van der Waals surface area contributed by atoms with Crippen LogP contribution in [0.3, 0.4) is 0 Å². The van der Waals surface area contributed by atoms with Crippen molar-refractivity contribution in [3.8, 4) is 11.5 Å². The summed E-state index contributed by atoms with van der Waals surface area (Å²) >= 11 is 0. The van der Waals surface area contributed by atoms with E-state index < -0.39 is 96.8 Å². The van der Waals surface area contributed by atoms with Crippen LogP contribution >= 0.6 is 0 Å². The molecule has 17 heteroatoms. The molecule has 0 saturated carbocycles. The van der Waals surface area contributed by atoms with Crippen LogP contribution in [0.5, 0.6) is 11.5 Å². The van der Waals surface area contributed by atoms with Gasteiger partial charge in [-0.1, -0.05) is 6.07 Å². The lowest BCUT2D eigenvalue weighted by atomic mass is 9.95. The fraction of sp³-hybridized carbons (Fsp3) is 0.640. The molecule has 2 aliphatic heterocycles. The third kappa shape index (κ3) is 7.25. The normalized spacial score (nSPS) is 33.9. The summed E-state index contributed by atoms with van der Waals surface area (Å²) in [4.78, 5) is 37.9. The molecule has 2 fully saturated rings. The molecule has 236 valence electrons. The van der Waals surface area contributed by atoms with Crippen molar-refractivity contribution in [1.82, 2.24) is 5.32 Å². The van der Waals surface area contributed by atoms with Crippen LogP contribution in [0, 0.1) is 0 Å². The molecule has 2 saturated heterocycles. The Labute approximate surface area is 239 Å². The number of phenols is 2. The second-order valence-electron chi connectivity index (χ2n) is 9.53. The third-order valence-electron chi connectivity index (χ3n) is 6.75. The van der Waals surface area contributed by atoms with E-state index in [1.807, 2.05) is 0 Å². The lowest BCUT2D eigenvalue weighted by molar-refractivity contribution is -0.348. The predicted octanol–water partition coefficient (Wildman–Crippen LogP) is -3.29. The summed E-state index contributed by atoms with van der Waals surface area (Å²) in [6, 6.07) is 2.33. The zero-order valence-electron chi connectivity index (χ0n) is 22.8. The molecule has 0 spiro atoms. The van der Waals surface area contributed by atoms with Crippen LogP contribution in [0.4, 0.5) is 0 Å². The van der Waals surface area contributed by atoms with Crippen molar-refractivity contribution < 1.29 is 78.6 Å². The van der Waals surface area contributed by atoms with Crippen molar-refractivity contribution >= 4 is 17.8 Å². The molecule has 2 aliphatic rings. The maximum Gasteiger partial charge on any atom is 0.335 e. The van der Waals surface area contributed by atoms with Crippen LogP contribution in [-0.4, -0.2) is 142 Å². The van der Waals surface area contributed by atoms with Gasteiger partial charge in [-0.2, -0.15) is 0 Å². The number of carbonyl (C=O) groups excluding carboxylic acids is 2. The Morgan fingerprint density at radius 2 is 1.50 bits per heavy atom. The molecule has 17 nitrogen and oxygen atoms in total. The molecule has 3 rings (SSSR count). The highest BCUT2D eigenvalue weighted by Crippen LogP contribution is 2.31. The number of hydrogen-bond acceptors (Lipinski definition) is 15. The van der Waals surface area contributed by atoms with Gasteiger partial charge in [-0.3, -0.25) is 4.79 Å². The number of aliphatic carboxylic acids is 1. The Balaban J connectivity index is 1.89. The Kier molecular flexibility index (Phi) is 11.4. The van der Waals surface area contributed by atoms with Gasteiger partial charge in [0.2, 0.25) is 0 Å². The van der Waals surface area contributed by atoms with Crippen molar-refractivity contribution in [2.24, 2.45) is 0 Å². The minimum absolute atomic E-state index is 0.0548. The molecule has 1 amide bonds. The topological polar surface area (TPSA) is 260 Å². The number of esters is 1. The Morgan fingerprint density at radius 3 is 2.07 bits per heavy atom. The Hall–Kier alpha value is -3.13. The zero-order chi connectivity index (χ0) is 31.3. The van der Waals surface area contributed by atoms with Crippen LogP contribution in [0.25, 0.3) is 0 Å². The summed E-state index contributed by atoms with van der Waals surface area (Å²) in [5.41, 5.74) is 0.311. The van der Waals surface area contributed by atoms with E-state index in [4.69, 9.17) is 28.4 Å². The van der Waals surface area contributed by atoms with E-state index in [-0.39, 0.29) is 13.0 Å². The first-order valence-corrected chi connectivity index (χ1v) is 12.8. The molecule has 42 heavy (non-hydrogen) atoms. The second-order valence-corrected chi connectivity index (χ2v) is 9.53. The van der Waals surface area contributed by atoms with Gasteiger partial charge in [-0.25, -0.2) is 9.59 Å². The summed E-state index contributed by atoms with van der Waals surface area (Å²) < 4.78 is 31.3. The van der Waals surface area contributed by atoms with Crippen molar-refractivity contribution in [3.63, 3.8) is 0 Å². The molecule has 5 unspecified atom stereocenters. The van der Waals surface area contributed by atoms with Crippen molar-refractivity contribution in [2.45, 2.75) is 80.8 Å². The monoisotopic (exact) mass is 605 g/mol. The molecule has 0 radical (unpaired) electrons. The largest absolute Gasteiger partial charge is 0.504 e. The number of phenolic OH excluding ortho intramolecular Hbond substituents is 2. The van der Waals surface area contributed by atoms with Crippen molar-refractivity contribution in [1.29, 1.82) is 0 Å². The molecule has 0 bridgehead atoms. The summed E-state index contributed by atoms with van der Waals surface area (Å²) in [6.07, 6.45) is -18.4. The third-order valence-corrected chi connectivity index (χ3v) is 6.75. The first-order chi connectivity index (χ1) is 19.8. The quantitative estimate of drug-likeness (QED) is 0.0908. The average molecular weight is 606 g/mol. The second kappa shape index (κ2) is 14.4. The van der Waals surface area contributed by atoms with Gasteiger partial charge >= 0.3 is 11.9 Å². The fourth-order valence-corrected chi connectivity index (χ4v) is 4.58. The highest BCUT2D eigenvalue weighted by Gasteiger charge is 2.54. The maximum absolute atomic E-state index is 13.5. The fourth-order valence-electron chi connectivity index (χ4n) is 4.58. The number of ether oxygens (including phenoxy) is 6. The van der Waals surface area contributed by atoms with E-state index in [1.54, 1.807) is 0 Å². The van der Waals surface area contributed by atoms with E-state index in [2.05, 4.69) is 5.32 Å². The number of aromatic hydroxyl groups is 2. The first-order valence-electron chi connectivity index (χ1n) is 12.8. The van der Waals surface area contributed by atoms with E-state index in [9.17, 15) is 50.1 Å². The minimum Gasteiger partial charge on any atom is -0.504 e. The number of nitrogens with one attached hydrogen (secondary N) is 1. The molecule has 0 aromatic heterocycles. The Bertz CT molecular complexity index is 1100. The van der Waals surface area contributed by atoms with Crippen molar-refractivity contribution in [2.75, 3.05) is 20.8 Å². The molecule has 2 heterocycles. The number of benzene rings is 1. The van der Waals surface area contributed by atoms with Gasteiger partial charge in [0, 0.05) is 20.6 Å². The summed E-state index contributed by atoms with van der Waals surface area (Å²) in [5.74, 6) is -4.45. The lowest BCUT2D eigenvalue weighted by Gasteiger charge is -2.45. The van der Waals surface area contributed by atoms with Gasteiger partial charge in [0.15, 0.2) is 36.3 Å². The number of amides is 1. The van der Waals surface area contributed by atoms with Gasteiger partial charge in [0.25, 0.3) is 5.91 Å². The highest BCUT2D eigenvalue weighted by atomic mass is 16.7. The van der Waals surface area contributed by atoms with Crippen LogP contribution in [0.1, 0.15) is 12.5 Å². The van der Waals surface area contributed by atoms with Crippen molar-refractivity contribution in [3.05, 3.63) is 23.8 Å². The molecule has 0 aliphatic carbocycles. The number of methoxy groups -OCH3 is 2. The van der Waals surface area contributed by atoms with Crippen LogP contribution < -0.4 is 5.32 Å². The standard InChI is InChI=1S/C25H35NO16/c1-4-39-23(36)10(7-9-5-6-11(27)12(28)8-9)26-21(33)19-18(14(30)15(31)24(38-3)41-19)40-25-16(32)13(29)17(37-2)20(42-25)22(34)35/h5-6,8,10,13-20,24-25,27-32H,4,7H2,1-3H3,(H,26,33)(H,34,35)/t10?,13-,14?,15?,16?,17+,18+,19-,20?,24-,25-/m1/s1. The molecule has 1 aromatic carbocycles. The number of carbonyl (C=O) groups is 3. The van der Waals surface area contributed by atoms with Gasteiger partial charge in [0.05, 0.1) is 6.61 Å². The molecular formula is C25H35NO16. The van der Waals surface area contributed by atoms with E-state index in [0.717, 1.165) is 20.3 Å². The van der Waals surface area contributed by atoms with Crippen LogP contribution in [-0.2, 0) is 49.2 Å². The highest BCUT2D eigenvalue weighted by molar-refractivity contribution is 5.87.